The summed E-state index contributed by atoms with van der Waals surface area (Å²) in [7, 11) is 0. The Hall–Kier alpha value is -1.47. The summed E-state index contributed by atoms with van der Waals surface area (Å²) in [6, 6.07) is 0. The van der Waals surface area contributed by atoms with Crippen LogP contribution in [-0.4, -0.2) is 65.1 Å². The molecular weight excluding hydrogens is 220 g/mol. The van der Waals surface area contributed by atoms with E-state index >= 15 is 0 Å². The van der Waals surface area contributed by atoms with Crippen LogP contribution in [0.4, 0.5) is 0 Å². The molecular formula is C10H18N6O. The fourth-order valence-corrected chi connectivity index (χ4v) is 1.79. The summed E-state index contributed by atoms with van der Waals surface area (Å²) >= 11 is 0. The zero-order chi connectivity index (χ0) is 11.9. The first kappa shape index (κ1) is 12.0. The smallest absolute Gasteiger partial charge is 0.234 e. The van der Waals surface area contributed by atoms with E-state index in [2.05, 4.69) is 25.8 Å². The van der Waals surface area contributed by atoms with Crippen LogP contribution in [0.15, 0.2) is 12.4 Å². The molecule has 0 atom stereocenters. The minimum Gasteiger partial charge on any atom is -0.353 e. The number of carbonyl (C=O) groups excluding carboxylic acids is 1. The van der Waals surface area contributed by atoms with Gasteiger partial charge in [0, 0.05) is 38.9 Å². The van der Waals surface area contributed by atoms with Crippen LogP contribution in [0.3, 0.4) is 0 Å². The van der Waals surface area contributed by atoms with E-state index in [1.54, 1.807) is 17.1 Å². The maximum atomic E-state index is 11.6. The van der Waals surface area contributed by atoms with Crippen LogP contribution in [0.5, 0.6) is 0 Å². The van der Waals surface area contributed by atoms with Gasteiger partial charge in [0.05, 0.1) is 19.3 Å². The molecule has 17 heavy (non-hydrogen) atoms. The van der Waals surface area contributed by atoms with Gasteiger partial charge in [-0.05, 0) is 0 Å². The van der Waals surface area contributed by atoms with E-state index in [4.69, 9.17) is 0 Å². The van der Waals surface area contributed by atoms with E-state index in [9.17, 15) is 4.79 Å². The van der Waals surface area contributed by atoms with Crippen molar-refractivity contribution in [2.24, 2.45) is 0 Å². The Balaban J connectivity index is 1.60. The normalized spacial score (nSPS) is 16.9. The first-order valence-electron chi connectivity index (χ1n) is 5.88. The molecule has 1 aliphatic rings. The Morgan fingerprint density at radius 1 is 1.41 bits per heavy atom. The molecule has 1 fully saturated rings. The molecule has 0 radical (unpaired) electrons. The van der Waals surface area contributed by atoms with Gasteiger partial charge in [-0.1, -0.05) is 5.21 Å². The molecule has 7 nitrogen and oxygen atoms in total. The average molecular weight is 238 g/mol. The van der Waals surface area contributed by atoms with Crippen LogP contribution in [0, 0.1) is 0 Å². The van der Waals surface area contributed by atoms with E-state index in [0.717, 1.165) is 26.2 Å². The Bertz CT molecular complexity index is 333. The van der Waals surface area contributed by atoms with E-state index in [1.165, 1.54) is 0 Å². The zero-order valence-corrected chi connectivity index (χ0v) is 9.80. The van der Waals surface area contributed by atoms with Crippen molar-refractivity contribution in [1.29, 1.82) is 0 Å². The highest BCUT2D eigenvalue weighted by molar-refractivity contribution is 5.77. The molecule has 0 spiro atoms. The molecule has 2 N–H and O–H groups in total. The van der Waals surface area contributed by atoms with Crippen LogP contribution in [0.1, 0.15) is 0 Å². The van der Waals surface area contributed by atoms with Crippen molar-refractivity contribution in [3.63, 3.8) is 0 Å². The summed E-state index contributed by atoms with van der Waals surface area (Å²) in [5.74, 6) is 0.0759. The predicted molar refractivity (Wildman–Crippen MR) is 62.3 cm³/mol. The maximum absolute atomic E-state index is 11.6. The summed E-state index contributed by atoms with van der Waals surface area (Å²) in [5.41, 5.74) is 0. The van der Waals surface area contributed by atoms with Gasteiger partial charge < -0.3 is 10.6 Å². The van der Waals surface area contributed by atoms with Gasteiger partial charge >= 0.3 is 0 Å². The van der Waals surface area contributed by atoms with Crippen molar-refractivity contribution in [2.75, 3.05) is 39.3 Å². The number of hydrogen-bond acceptors (Lipinski definition) is 5. The Kier molecular flexibility index (Phi) is 4.45. The monoisotopic (exact) mass is 238 g/mol. The van der Waals surface area contributed by atoms with E-state index in [1.807, 2.05) is 0 Å². The third-order valence-electron chi connectivity index (χ3n) is 2.71. The maximum Gasteiger partial charge on any atom is 0.234 e. The SMILES string of the molecule is O=C(CN1CCNCC1)NCCn1ccnn1. The molecule has 2 heterocycles. The minimum absolute atomic E-state index is 0.0759. The largest absolute Gasteiger partial charge is 0.353 e. The van der Waals surface area contributed by atoms with Crippen molar-refractivity contribution >= 4 is 5.91 Å². The third-order valence-corrected chi connectivity index (χ3v) is 2.71. The number of carbonyl (C=O) groups is 1. The van der Waals surface area contributed by atoms with Gasteiger partial charge in [0.25, 0.3) is 0 Å². The highest BCUT2D eigenvalue weighted by Crippen LogP contribution is 1.90. The van der Waals surface area contributed by atoms with Crippen LogP contribution in [-0.2, 0) is 11.3 Å². The summed E-state index contributed by atoms with van der Waals surface area (Å²) in [4.78, 5) is 13.8. The van der Waals surface area contributed by atoms with Crippen molar-refractivity contribution < 1.29 is 4.79 Å². The summed E-state index contributed by atoms with van der Waals surface area (Å²) in [6.07, 6.45) is 3.41. The van der Waals surface area contributed by atoms with E-state index < -0.39 is 0 Å². The van der Waals surface area contributed by atoms with E-state index in [0.29, 0.717) is 19.6 Å². The molecule has 0 aromatic carbocycles. The Labute approximate surface area is 100 Å². The van der Waals surface area contributed by atoms with Gasteiger partial charge in [0.2, 0.25) is 5.91 Å². The lowest BCUT2D eigenvalue weighted by molar-refractivity contribution is -0.122. The van der Waals surface area contributed by atoms with Crippen LogP contribution in [0.2, 0.25) is 0 Å². The Morgan fingerprint density at radius 3 is 2.94 bits per heavy atom. The van der Waals surface area contributed by atoms with Gasteiger partial charge in [-0.2, -0.15) is 0 Å². The molecule has 1 aliphatic heterocycles. The number of amides is 1. The van der Waals surface area contributed by atoms with Gasteiger partial charge in [0.15, 0.2) is 0 Å². The number of hydrogen-bond donors (Lipinski definition) is 2. The number of piperazine rings is 1. The van der Waals surface area contributed by atoms with Gasteiger partial charge in [0.1, 0.15) is 0 Å². The molecule has 1 saturated heterocycles. The molecule has 0 aliphatic carbocycles. The molecule has 94 valence electrons. The number of nitrogens with zero attached hydrogens (tertiary/aromatic N) is 4. The number of nitrogens with one attached hydrogen (secondary N) is 2. The standard InChI is InChI=1S/C10H18N6O/c17-10(9-15-5-1-11-2-6-15)12-3-7-16-8-4-13-14-16/h4,8,11H,1-3,5-7,9H2,(H,12,17). The predicted octanol–water partition coefficient (Wildman–Crippen LogP) is -1.70. The lowest BCUT2D eigenvalue weighted by atomic mass is 10.3. The molecule has 1 aromatic heterocycles. The molecule has 0 saturated carbocycles. The second-order valence-electron chi connectivity index (χ2n) is 4.04. The first-order chi connectivity index (χ1) is 8.34. The van der Waals surface area contributed by atoms with Crippen molar-refractivity contribution in [2.45, 2.75) is 6.54 Å². The minimum atomic E-state index is 0.0759. The zero-order valence-electron chi connectivity index (χ0n) is 9.80. The molecule has 2 rings (SSSR count). The summed E-state index contributed by atoms with van der Waals surface area (Å²) in [5, 5.41) is 13.7. The molecule has 0 unspecified atom stereocenters. The second kappa shape index (κ2) is 6.31. The fourth-order valence-electron chi connectivity index (χ4n) is 1.79. The van der Waals surface area contributed by atoms with E-state index in [-0.39, 0.29) is 5.91 Å². The number of aromatic nitrogens is 3. The first-order valence-corrected chi connectivity index (χ1v) is 5.88. The highest BCUT2D eigenvalue weighted by atomic mass is 16.2. The van der Waals surface area contributed by atoms with Gasteiger partial charge in [-0.25, -0.2) is 0 Å². The quantitative estimate of drug-likeness (QED) is 0.639. The van der Waals surface area contributed by atoms with Crippen LogP contribution < -0.4 is 10.6 Å². The van der Waals surface area contributed by atoms with Crippen molar-refractivity contribution in [3.8, 4) is 0 Å². The van der Waals surface area contributed by atoms with Gasteiger partial charge in [-0.15, -0.1) is 5.10 Å². The second-order valence-corrected chi connectivity index (χ2v) is 4.04. The molecule has 1 amide bonds. The summed E-state index contributed by atoms with van der Waals surface area (Å²) in [6.45, 7) is 5.55. The highest BCUT2D eigenvalue weighted by Gasteiger charge is 2.12. The number of rotatable bonds is 5. The third kappa shape index (κ3) is 4.12. The molecule has 0 bridgehead atoms. The fraction of sp³-hybridized carbons (Fsp3) is 0.700. The molecule has 1 aromatic rings. The topological polar surface area (TPSA) is 75.1 Å². The van der Waals surface area contributed by atoms with Crippen molar-refractivity contribution in [1.82, 2.24) is 30.5 Å². The van der Waals surface area contributed by atoms with Crippen LogP contribution in [0.25, 0.3) is 0 Å². The Morgan fingerprint density at radius 2 is 2.24 bits per heavy atom. The average Bonchev–Trinajstić information content (AvgIpc) is 2.83. The summed E-state index contributed by atoms with van der Waals surface area (Å²) < 4.78 is 1.70. The van der Waals surface area contributed by atoms with Crippen LogP contribution >= 0.6 is 0 Å². The molecule has 7 heteroatoms. The lowest BCUT2D eigenvalue weighted by Crippen LogP contribution is -2.47. The van der Waals surface area contributed by atoms with Gasteiger partial charge in [-0.3, -0.25) is 14.4 Å². The lowest BCUT2D eigenvalue weighted by Gasteiger charge is -2.26. The van der Waals surface area contributed by atoms with Crippen molar-refractivity contribution in [3.05, 3.63) is 12.4 Å².